The highest BCUT2D eigenvalue weighted by Crippen LogP contribution is 2.31. The number of nitrogens with one attached hydrogen (secondary N) is 1. The molecule has 0 spiro atoms. The molecule has 0 bridgehead atoms. The normalized spacial score (nSPS) is 12.5. The number of carbonyl (C=O) groups is 1. The Bertz CT molecular complexity index is 1170. The second kappa shape index (κ2) is 8.66. The predicted octanol–water partition coefficient (Wildman–Crippen LogP) is 4.02. The Balaban J connectivity index is 2.14. The molecule has 1 amide bonds. The summed E-state index contributed by atoms with van der Waals surface area (Å²) in [6.45, 7) is 1.60. The molecule has 1 heterocycles. The molecule has 0 unspecified atom stereocenters. The van der Waals surface area contributed by atoms with Gasteiger partial charge in [-0.15, -0.1) is 0 Å². The SMILES string of the molecule is CC[C@@H](C(=O)Nc1cc(OC)ccc1OC)n1c(=O)c(C(F)(F)F)nc2ccccc21. The Labute approximate surface area is 175 Å². The van der Waals surface area contributed by atoms with Gasteiger partial charge in [0.25, 0.3) is 5.56 Å². The molecule has 0 radical (unpaired) electrons. The van der Waals surface area contributed by atoms with E-state index in [0.717, 1.165) is 4.57 Å². The van der Waals surface area contributed by atoms with Gasteiger partial charge in [0.1, 0.15) is 17.5 Å². The molecular formula is C21H20F3N3O4. The molecule has 0 fully saturated rings. The molecule has 164 valence electrons. The summed E-state index contributed by atoms with van der Waals surface area (Å²) in [4.78, 5) is 29.4. The third-order valence-electron chi connectivity index (χ3n) is 4.73. The van der Waals surface area contributed by atoms with Crippen molar-refractivity contribution in [2.24, 2.45) is 0 Å². The van der Waals surface area contributed by atoms with E-state index in [1.54, 1.807) is 25.1 Å². The van der Waals surface area contributed by atoms with E-state index in [1.807, 2.05) is 0 Å². The molecule has 0 aliphatic heterocycles. The first-order valence-electron chi connectivity index (χ1n) is 9.32. The van der Waals surface area contributed by atoms with E-state index in [1.165, 1.54) is 38.5 Å². The van der Waals surface area contributed by atoms with Crippen molar-refractivity contribution in [2.75, 3.05) is 19.5 Å². The zero-order chi connectivity index (χ0) is 22.8. The standard InChI is InChI=1S/C21H20F3N3O4/c1-4-15(19(28)26-14-11-12(30-2)9-10-17(14)31-3)27-16-8-6-5-7-13(16)25-18(20(27)29)21(22,23)24/h5-11,15H,4H2,1-3H3,(H,26,28)/t15-/m0/s1. The van der Waals surface area contributed by atoms with Crippen molar-refractivity contribution in [1.82, 2.24) is 9.55 Å². The predicted molar refractivity (Wildman–Crippen MR) is 109 cm³/mol. The molecule has 1 N–H and O–H groups in total. The van der Waals surface area contributed by atoms with Crippen molar-refractivity contribution in [3.63, 3.8) is 0 Å². The summed E-state index contributed by atoms with van der Waals surface area (Å²) in [5, 5.41) is 2.63. The van der Waals surface area contributed by atoms with Crippen molar-refractivity contribution < 1.29 is 27.4 Å². The van der Waals surface area contributed by atoms with Gasteiger partial charge in [-0.3, -0.25) is 14.2 Å². The van der Waals surface area contributed by atoms with Gasteiger partial charge in [-0.1, -0.05) is 19.1 Å². The first-order chi connectivity index (χ1) is 14.7. The molecule has 1 aromatic heterocycles. The number of hydrogen-bond acceptors (Lipinski definition) is 5. The number of halogens is 3. The molecule has 1 atom stereocenters. The van der Waals surface area contributed by atoms with Gasteiger partial charge in [-0.25, -0.2) is 4.98 Å². The van der Waals surface area contributed by atoms with Gasteiger partial charge >= 0.3 is 6.18 Å². The van der Waals surface area contributed by atoms with E-state index in [0.29, 0.717) is 11.5 Å². The Hall–Kier alpha value is -3.56. The average Bonchev–Trinajstić information content (AvgIpc) is 2.74. The van der Waals surface area contributed by atoms with Crippen LogP contribution < -0.4 is 20.3 Å². The van der Waals surface area contributed by atoms with Crippen LogP contribution in [0.4, 0.5) is 18.9 Å². The highest BCUT2D eigenvalue weighted by atomic mass is 19.4. The fourth-order valence-electron chi connectivity index (χ4n) is 3.26. The maximum absolute atomic E-state index is 13.4. The number of ether oxygens (including phenoxy) is 2. The smallest absolute Gasteiger partial charge is 0.438 e. The summed E-state index contributed by atoms with van der Waals surface area (Å²) in [5.74, 6) is 0.0857. The molecule has 0 saturated carbocycles. The number of benzene rings is 2. The first-order valence-corrected chi connectivity index (χ1v) is 9.32. The van der Waals surface area contributed by atoms with Crippen molar-refractivity contribution >= 4 is 22.6 Å². The summed E-state index contributed by atoms with van der Waals surface area (Å²) in [6, 6.07) is 9.36. The van der Waals surface area contributed by atoms with Gasteiger partial charge in [0, 0.05) is 6.07 Å². The summed E-state index contributed by atoms with van der Waals surface area (Å²) < 4.78 is 51.5. The van der Waals surface area contributed by atoms with Gasteiger partial charge in [-0.2, -0.15) is 13.2 Å². The number of methoxy groups -OCH3 is 2. The van der Waals surface area contributed by atoms with Crippen LogP contribution in [0, 0.1) is 0 Å². The Morgan fingerprint density at radius 3 is 2.48 bits per heavy atom. The minimum absolute atomic E-state index is 0.0420. The highest BCUT2D eigenvalue weighted by Gasteiger charge is 2.38. The number of carbonyl (C=O) groups excluding carboxylic acids is 1. The Kier molecular flexibility index (Phi) is 6.19. The monoisotopic (exact) mass is 435 g/mol. The lowest BCUT2D eigenvalue weighted by atomic mass is 10.1. The van der Waals surface area contributed by atoms with Crippen LogP contribution in [0.25, 0.3) is 11.0 Å². The lowest BCUT2D eigenvalue weighted by Gasteiger charge is -2.22. The lowest BCUT2D eigenvalue weighted by Crippen LogP contribution is -2.37. The van der Waals surface area contributed by atoms with Crippen molar-refractivity contribution in [2.45, 2.75) is 25.6 Å². The number of aromatic nitrogens is 2. The average molecular weight is 435 g/mol. The van der Waals surface area contributed by atoms with E-state index in [9.17, 15) is 22.8 Å². The number of alkyl halides is 3. The molecule has 0 aliphatic carbocycles. The highest BCUT2D eigenvalue weighted by molar-refractivity contribution is 5.96. The number of amides is 1. The summed E-state index contributed by atoms with van der Waals surface area (Å²) in [7, 11) is 2.86. The molecule has 3 rings (SSSR count). The molecule has 10 heteroatoms. The maximum atomic E-state index is 13.4. The van der Waals surface area contributed by atoms with E-state index < -0.39 is 29.4 Å². The molecule has 2 aromatic carbocycles. The van der Waals surface area contributed by atoms with Gasteiger partial charge < -0.3 is 14.8 Å². The van der Waals surface area contributed by atoms with Gasteiger partial charge in [-0.05, 0) is 30.7 Å². The minimum atomic E-state index is -4.96. The van der Waals surface area contributed by atoms with E-state index in [-0.39, 0.29) is 23.1 Å². The van der Waals surface area contributed by atoms with Gasteiger partial charge in [0.05, 0.1) is 30.9 Å². The molecule has 31 heavy (non-hydrogen) atoms. The van der Waals surface area contributed by atoms with Crippen LogP contribution in [0.1, 0.15) is 25.1 Å². The molecule has 0 saturated heterocycles. The molecule has 0 aliphatic rings. The number of fused-ring (bicyclic) bond motifs is 1. The van der Waals surface area contributed by atoms with Gasteiger partial charge in [0.2, 0.25) is 11.6 Å². The fourth-order valence-corrected chi connectivity index (χ4v) is 3.26. The van der Waals surface area contributed by atoms with Crippen LogP contribution in [0.2, 0.25) is 0 Å². The van der Waals surface area contributed by atoms with Crippen LogP contribution in [-0.2, 0) is 11.0 Å². The fraction of sp³-hybridized carbons (Fsp3) is 0.286. The number of anilines is 1. The molecular weight excluding hydrogens is 415 g/mol. The topological polar surface area (TPSA) is 82.5 Å². The summed E-state index contributed by atoms with van der Waals surface area (Å²) in [5.41, 5.74) is -2.62. The molecule has 7 nitrogen and oxygen atoms in total. The first kappa shape index (κ1) is 22.1. The summed E-state index contributed by atoms with van der Waals surface area (Å²) >= 11 is 0. The second-order valence-corrected chi connectivity index (χ2v) is 6.60. The number of rotatable bonds is 6. The maximum Gasteiger partial charge on any atom is 0.438 e. The second-order valence-electron chi connectivity index (χ2n) is 6.60. The van der Waals surface area contributed by atoms with Crippen LogP contribution in [0.5, 0.6) is 11.5 Å². The third kappa shape index (κ3) is 4.32. The quantitative estimate of drug-likeness (QED) is 0.632. The van der Waals surface area contributed by atoms with E-state index in [4.69, 9.17) is 9.47 Å². The van der Waals surface area contributed by atoms with Crippen LogP contribution in [-0.4, -0.2) is 29.7 Å². The van der Waals surface area contributed by atoms with Crippen molar-refractivity contribution in [3.05, 3.63) is 58.5 Å². The van der Waals surface area contributed by atoms with Crippen LogP contribution in [0.3, 0.4) is 0 Å². The van der Waals surface area contributed by atoms with E-state index >= 15 is 0 Å². The zero-order valence-electron chi connectivity index (χ0n) is 17.0. The third-order valence-corrected chi connectivity index (χ3v) is 4.73. The summed E-state index contributed by atoms with van der Waals surface area (Å²) in [6.07, 6.45) is -4.91. The number of para-hydroxylation sites is 2. The van der Waals surface area contributed by atoms with Crippen molar-refractivity contribution in [1.29, 1.82) is 0 Å². The minimum Gasteiger partial charge on any atom is -0.497 e. The van der Waals surface area contributed by atoms with Crippen molar-refractivity contribution in [3.8, 4) is 11.5 Å². The van der Waals surface area contributed by atoms with Crippen LogP contribution >= 0.6 is 0 Å². The largest absolute Gasteiger partial charge is 0.497 e. The number of nitrogens with zero attached hydrogens (tertiary/aromatic N) is 2. The van der Waals surface area contributed by atoms with Crippen LogP contribution in [0.15, 0.2) is 47.3 Å². The Morgan fingerprint density at radius 1 is 1.16 bits per heavy atom. The Morgan fingerprint density at radius 2 is 1.87 bits per heavy atom. The number of hydrogen-bond donors (Lipinski definition) is 1. The zero-order valence-corrected chi connectivity index (χ0v) is 17.0. The van der Waals surface area contributed by atoms with E-state index in [2.05, 4.69) is 10.3 Å². The molecule has 3 aromatic rings. The van der Waals surface area contributed by atoms with Gasteiger partial charge in [0.15, 0.2) is 0 Å². The lowest BCUT2D eigenvalue weighted by molar-refractivity contribution is -0.142.